The first kappa shape index (κ1) is 21.9. The molecule has 10 heteroatoms. The Balaban J connectivity index is 1.65. The number of nitrogens with zero attached hydrogens (tertiary/aromatic N) is 5. The first-order chi connectivity index (χ1) is 16.6. The Bertz CT molecular complexity index is 1250. The van der Waals surface area contributed by atoms with Gasteiger partial charge in [-0.25, -0.2) is 4.98 Å². The molecule has 2 fully saturated rings. The summed E-state index contributed by atoms with van der Waals surface area (Å²) in [6.45, 7) is 4.68. The fourth-order valence-corrected chi connectivity index (χ4v) is 4.37. The van der Waals surface area contributed by atoms with Crippen molar-refractivity contribution in [3.8, 4) is 6.07 Å². The number of ether oxygens (including phenoxy) is 2. The number of imidazole rings is 1. The van der Waals surface area contributed by atoms with Crippen molar-refractivity contribution < 1.29 is 14.4 Å². The van der Waals surface area contributed by atoms with E-state index in [1.54, 1.807) is 12.1 Å². The number of aromatic nitrogens is 2. The molecule has 1 aromatic heterocycles. The van der Waals surface area contributed by atoms with Gasteiger partial charge in [0.15, 0.2) is 0 Å². The van der Waals surface area contributed by atoms with Crippen molar-refractivity contribution in [2.24, 2.45) is 0 Å². The average molecular weight is 460 g/mol. The minimum absolute atomic E-state index is 0.00653. The number of nitro groups is 1. The first-order valence-electron chi connectivity index (χ1n) is 11.2. The summed E-state index contributed by atoms with van der Waals surface area (Å²) >= 11 is 0. The number of morpholine rings is 2. The standard InChI is InChI=1S/C24H24N6O4/c25-16-18(24-26-19-3-1-2-4-20(19)27-24)13-17-14-23(30(31)32)22(29-7-11-34-12-8-29)15-21(17)28-5-9-33-10-6-28/h1-4,13-15H,5-12H2,(H,26,27). The summed E-state index contributed by atoms with van der Waals surface area (Å²) in [5, 5.41) is 22.0. The number of H-pyrrole nitrogens is 1. The van der Waals surface area contributed by atoms with Gasteiger partial charge in [-0.2, -0.15) is 5.26 Å². The number of aromatic amines is 1. The smallest absolute Gasteiger partial charge is 0.293 e. The van der Waals surface area contributed by atoms with Crippen molar-refractivity contribution in [3.05, 3.63) is 57.9 Å². The van der Waals surface area contributed by atoms with Crippen LogP contribution >= 0.6 is 0 Å². The van der Waals surface area contributed by atoms with Crippen molar-refractivity contribution in [3.63, 3.8) is 0 Å². The molecule has 0 bridgehead atoms. The van der Waals surface area contributed by atoms with Crippen LogP contribution < -0.4 is 9.80 Å². The molecule has 2 aliphatic rings. The molecule has 0 radical (unpaired) electrons. The molecule has 174 valence electrons. The van der Waals surface area contributed by atoms with Gasteiger partial charge in [0.2, 0.25) is 0 Å². The quantitative estimate of drug-likeness (QED) is 0.350. The van der Waals surface area contributed by atoms with Crippen LogP contribution in [0.15, 0.2) is 36.4 Å². The molecular weight excluding hydrogens is 436 g/mol. The maximum absolute atomic E-state index is 12.1. The summed E-state index contributed by atoms with van der Waals surface area (Å²) in [7, 11) is 0. The highest BCUT2D eigenvalue weighted by Gasteiger charge is 2.26. The molecule has 3 aromatic rings. The van der Waals surface area contributed by atoms with E-state index in [2.05, 4.69) is 20.9 Å². The number of nitriles is 1. The number of rotatable bonds is 5. The highest BCUT2D eigenvalue weighted by Crippen LogP contribution is 2.38. The van der Waals surface area contributed by atoms with Crippen molar-refractivity contribution in [1.82, 2.24) is 9.97 Å². The zero-order valence-electron chi connectivity index (χ0n) is 18.6. The van der Waals surface area contributed by atoms with E-state index in [9.17, 15) is 15.4 Å². The van der Waals surface area contributed by atoms with Crippen molar-refractivity contribution in [1.29, 1.82) is 5.26 Å². The number of hydrogen-bond acceptors (Lipinski definition) is 8. The van der Waals surface area contributed by atoms with E-state index >= 15 is 0 Å². The number of nitro benzene ring substituents is 1. The third-order valence-electron chi connectivity index (χ3n) is 6.09. The Morgan fingerprint density at radius 1 is 1.06 bits per heavy atom. The molecule has 0 aliphatic carbocycles. The van der Waals surface area contributed by atoms with Crippen LogP contribution in [-0.4, -0.2) is 67.5 Å². The topological polar surface area (TPSA) is 121 Å². The first-order valence-corrected chi connectivity index (χ1v) is 11.2. The van der Waals surface area contributed by atoms with Crippen LogP contribution in [0.2, 0.25) is 0 Å². The molecule has 2 saturated heterocycles. The minimum atomic E-state index is -0.363. The lowest BCUT2D eigenvalue weighted by Gasteiger charge is -2.33. The van der Waals surface area contributed by atoms with Gasteiger partial charge in [-0.3, -0.25) is 10.1 Å². The molecule has 0 unspecified atom stereocenters. The Morgan fingerprint density at radius 2 is 1.71 bits per heavy atom. The maximum atomic E-state index is 12.1. The zero-order chi connectivity index (χ0) is 23.5. The maximum Gasteiger partial charge on any atom is 0.293 e. The van der Waals surface area contributed by atoms with Gasteiger partial charge in [-0.1, -0.05) is 12.1 Å². The fraction of sp³-hybridized carbons (Fsp3) is 0.333. The Kier molecular flexibility index (Phi) is 6.12. The normalized spacial score (nSPS) is 17.1. The zero-order valence-corrected chi connectivity index (χ0v) is 18.6. The number of para-hydroxylation sites is 2. The summed E-state index contributed by atoms with van der Waals surface area (Å²) < 4.78 is 11.0. The lowest BCUT2D eigenvalue weighted by Crippen LogP contribution is -2.38. The summed E-state index contributed by atoms with van der Waals surface area (Å²) in [4.78, 5) is 23.5. The van der Waals surface area contributed by atoms with Gasteiger partial charge >= 0.3 is 0 Å². The minimum Gasteiger partial charge on any atom is -0.378 e. The second-order valence-corrected chi connectivity index (χ2v) is 8.13. The van der Waals surface area contributed by atoms with E-state index in [0.29, 0.717) is 75.3 Å². The van der Waals surface area contributed by atoms with Crippen LogP contribution in [-0.2, 0) is 9.47 Å². The van der Waals surface area contributed by atoms with Crippen LogP contribution in [0.4, 0.5) is 17.1 Å². The molecule has 0 atom stereocenters. The molecule has 10 nitrogen and oxygen atoms in total. The Morgan fingerprint density at radius 3 is 2.32 bits per heavy atom. The predicted molar refractivity (Wildman–Crippen MR) is 129 cm³/mol. The molecule has 0 amide bonds. The summed E-state index contributed by atoms with van der Waals surface area (Å²) in [6, 6.07) is 13.2. The third kappa shape index (κ3) is 4.31. The average Bonchev–Trinajstić information content (AvgIpc) is 3.32. The second kappa shape index (κ2) is 9.51. The summed E-state index contributed by atoms with van der Waals surface area (Å²) in [5.41, 5.74) is 3.88. The fourth-order valence-electron chi connectivity index (χ4n) is 4.37. The van der Waals surface area contributed by atoms with Crippen molar-refractivity contribution >= 4 is 39.7 Å². The molecule has 3 heterocycles. The van der Waals surface area contributed by atoms with Crippen molar-refractivity contribution in [2.75, 3.05) is 62.4 Å². The molecule has 0 saturated carbocycles. The van der Waals surface area contributed by atoms with Gasteiger partial charge < -0.3 is 24.3 Å². The van der Waals surface area contributed by atoms with Crippen LogP contribution in [0.25, 0.3) is 22.7 Å². The van der Waals surface area contributed by atoms with E-state index in [0.717, 1.165) is 16.7 Å². The van der Waals surface area contributed by atoms with Crippen LogP contribution in [0, 0.1) is 21.4 Å². The van der Waals surface area contributed by atoms with Gasteiger partial charge in [0.25, 0.3) is 5.69 Å². The second-order valence-electron chi connectivity index (χ2n) is 8.13. The van der Waals surface area contributed by atoms with E-state index in [4.69, 9.17) is 9.47 Å². The number of nitrogens with one attached hydrogen (secondary N) is 1. The monoisotopic (exact) mass is 460 g/mol. The highest BCUT2D eigenvalue weighted by atomic mass is 16.6. The lowest BCUT2D eigenvalue weighted by molar-refractivity contribution is -0.384. The van der Waals surface area contributed by atoms with E-state index in [1.165, 1.54) is 0 Å². The molecule has 1 N–H and O–H groups in total. The van der Waals surface area contributed by atoms with Crippen LogP contribution in [0.3, 0.4) is 0 Å². The summed E-state index contributed by atoms with van der Waals surface area (Å²) in [6.07, 6.45) is 1.68. The third-order valence-corrected chi connectivity index (χ3v) is 6.09. The number of benzene rings is 2. The van der Waals surface area contributed by atoms with E-state index < -0.39 is 0 Å². The van der Waals surface area contributed by atoms with Gasteiger partial charge in [-0.05, 0) is 24.3 Å². The molecule has 2 aliphatic heterocycles. The van der Waals surface area contributed by atoms with Gasteiger partial charge in [0.1, 0.15) is 17.6 Å². The number of allylic oxidation sites excluding steroid dienone is 1. The molecule has 5 rings (SSSR count). The van der Waals surface area contributed by atoms with Gasteiger partial charge in [0.05, 0.1) is 48.0 Å². The predicted octanol–water partition coefficient (Wildman–Crippen LogP) is 3.21. The number of hydrogen-bond donors (Lipinski definition) is 1. The lowest BCUT2D eigenvalue weighted by atomic mass is 10.0. The van der Waals surface area contributed by atoms with Crippen LogP contribution in [0.1, 0.15) is 11.4 Å². The summed E-state index contributed by atoms with van der Waals surface area (Å²) in [5.74, 6) is 0.427. The SMILES string of the molecule is N#CC(=Cc1cc([N+](=O)[O-])c(N2CCOCC2)cc1N1CCOCC1)c1nc2ccccc2[nH]1. The molecule has 0 spiro atoms. The number of fused-ring (bicyclic) bond motifs is 1. The van der Waals surface area contributed by atoms with Crippen LogP contribution in [0.5, 0.6) is 0 Å². The van der Waals surface area contributed by atoms with E-state index in [-0.39, 0.29) is 10.6 Å². The molecular formula is C24H24N6O4. The highest BCUT2D eigenvalue weighted by molar-refractivity contribution is 5.94. The Hall–Kier alpha value is -3.94. The van der Waals surface area contributed by atoms with E-state index in [1.807, 2.05) is 35.2 Å². The van der Waals surface area contributed by atoms with Gasteiger partial charge in [-0.15, -0.1) is 0 Å². The largest absolute Gasteiger partial charge is 0.378 e. The Labute approximate surface area is 196 Å². The molecule has 34 heavy (non-hydrogen) atoms. The van der Waals surface area contributed by atoms with Crippen molar-refractivity contribution in [2.45, 2.75) is 0 Å². The van der Waals surface area contributed by atoms with Gasteiger partial charge in [0, 0.05) is 43.5 Å². The molecule has 2 aromatic carbocycles. The number of anilines is 2.